The number of nitrogens with one attached hydrogen (secondary N) is 1. The van der Waals surface area contributed by atoms with E-state index in [9.17, 15) is 15.2 Å². The zero-order valence-corrected chi connectivity index (χ0v) is 10.2. The maximum atomic E-state index is 10.8. The van der Waals surface area contributed by atoms with Crippen LogP contribution in [-0.2, 0) is 0 Å². The van der Waals surface area contributed by atoms with Gasteiger partial charge in [0.15, 0.2) is 0 Å². The number of aromatic nitrogens is 2. The van der Waals surface area contributed by atoms with Gasteiger partial charge in [0.2, 0.25) is 0 Å². The van der Waals surface area contributed by atoms with E-state index in [1.165, 1.54) is 6.07 Å². The van der Waals surface area contributed by atoms with Crippen LogP contribution >= 0.6 is 0 Å². The molecule has 7 heteroatoms. The Kier molecular flexibility index (Phi) is 2.53. The van der Waals surface area contributed by atoms with Crippen LogP contribution in [0.15, 0.2) is 36.4 Å². The van der Waals surface area contributed by atoms with E-state index in [0.29, 0.717) is 17.0 Å². The number of phenols is 1. The van der Waals surface area contributed by atoms with Crippen molar-refractivity contribution in [2.75, 3.05) is 5.73 Å². The topological polar surface area (TPSA) is 118 Å². The molecule has 7 nitrogen and oxygen atoms in total. The van der Waals surface area contributed by atoms with Gasteiger partial charge in [0, 0.05) is 17.3 Å². The van der Waals surface area contributed by atoms with Gasteiger partial charge in [0.1, 0.15) is 17.1 Å². The fourth-order valence-electron chi connectivity index (χ4n) is 2.01. The number of nitrogens with two attached hydrogens (primary N) is 1. The van der Waals surface area contributed by atoms with E-state index >= 15 is 0 Å². The van der Waals surface area contributed by atoms with Gasteiger partial charge in [-0.05, 0) is 12.1 Å². The number of nitrogens with zero attached hydrogens (tertiary/aromatic N) is 2. The van der Waals surface area contributed by atoms with Crippen molar-refractivity contribution in [1.82, 2.24) is 9.97 Å². The molecule has 0 amide bonds. The van der Waals surface area contributed by atoms with Crippen molar-refractivity contribution in [3.8, 4) is 17.1 Å². The molecular formula is C13H10N4O3. The van der Waals surface area contributed by atoms with Crippen molar-refractivity contribution in [2.24, 2.45) is 0 Å². The second-order valence-corrected chi connectivity index (χ2v) is 4.33. The second kappa shape index (κ2) is 4.23. The number of phenolic OH excluding ortho intramolecular Hbond substituents is 1. The van der Waals surface area contributed by atoms with Gasteiger partial charge in [0.05, 0.1) is 16.5 Å². The van der Waals surface area contributed by atoms with Crippen LogP contribution in [0.3, 0.4) is 0 Å². The smallest absolute Gasteiger partial charge is 0.275 e. The van der Waals surface area contributed by atoms with Crippen LogP contribution in [-0.4, -0.2) is 20.0 Å². The Balaban J connectivity index is 2.20. The predicted molar refractivity (Wildman–Crippen MR) is 74.3 cm³/mol. The number of nitro benzene ring substituents is 1. The molecule has 0 radical (unpaired) electrons. The van der Waals surface area contributed by atoms with Crippen molar-refractivity contribution < 1.29 is 10.0 Å². The van der Waals surface area contributed by atoms with Gasteiger partial charge in [0.25, 0.3) is 5.69 Å². The molecule has 0 unspecified atom stereocenters. The molecule has 0 saturated heterocycles. The van der Waals surface area contributed by atoms with Crippen molar-refractivity contribution in [2.45, 2.75) is 0 Å². The highest BCUT2D eigenvalue weighted by atomic mass is 16.6. The lowest BCUT2D eigenvalue weighted by Crippen LogP contribution is -1.87. The van der Waals surface area contributed by atoms with E-state index in [4.69, 9.17) is 5.73 Å². The molecule has 0 saturated carbocycles. The minimum absolute atomic E-state index is 0.197. The van der Waals surface area contributed by atoms with Crippen molar-refractivity contribution in [1.29, 1.82) is 0 Å². The molecule has 0 aliphatic carbocycles. The van der Waals surface area contributed by atoms with Crippen LogP contribution in [0.25, 0.3) is 22.4 Å². The first kappa shape index (κ1) is 12.0. The molecule has 0 aliphatic rings. The van der Waals surface area contributed by atoms with Gasteiger partial charge in [-0.3, -0.25) is 10.1 Å². The quantitative estimate of drug-likeness (QED) is 0.375. The first-order valence-corrected chi connectivity index (χ1v) is 5.77. The van der Waals surface area contributed by atoms with Gasteiger partial charge in [-0.25, -0.2) is 4.98 Å². The van der Waals surface area contributed by atoms with Crippen molar-refractivity contribution in [3.05, 3.63) is 46.5 Å². The number of rotatable bonds is 2. The number of anilines is 1. The Bertz CT molecular complexity index is 826. The summed E-state index contributed by atoms with van der Waals surface area (Å²) >= 11 is 0. The summed E-state index contributed by atoms with van der Waals surface area (Å²) in [4.78, 5) is 17.4. The number of aromatic amines is 1. The number of nitrogen functional groups attached to an aromatic ring is 1. The van der Waals surface area contributed by atoms with Crippen LogP contribution in [0.2, 0.25) is 0 Å². The van der Waals surface area contributed by atoms with Crippen LogP contribution < -0.4 is 5.73 Å². The zero-order chi connectivity index (χ0) is 14.3. The Morgan fingerprint density at radius 2 is 2.10 bits per heavy atom. The summed E-state index contributed by atoms with van der Waals surface area (Å²) in [5.41, 5.74) is 7.51. The first-order chi connectivity index (χ1) is 9.54. The highest BCUT2D eigenvalue weighted by Gasteiger charge is 2.15. The third kappa shape index (κ3) is 1.91. The van der Waals surface area contributed by atoms with E-state index in [-0.39, 0.29) is 17.0 Å². The first-order valence-electron chi connectivity index (χ1n) is 5.77. The normalized spacial score (nSPS) is 10.8. The third-order valence-electron chi connectivity index (χ3n) is 2.92. The Morgan fingerprint density at radius 3 is 2.80 bits per heavy atom. The van der Waals surface area contributed by atoms with Crippen molar-refractivity contribution >= 4 is 22.4 Å². The van der Waals surface area contributed by atoms with Gasteiger partial charge >= 0.3 is 0 Å². The Labute approximate surface area is 112 Å². The number of H-pyrrole nitrogens is 1. The summed E-state index contributed by atoms with van der Waals surface area (Å²) in [6.45, 7) is 0. The van der Waals surface area contributed by atoms with Gasteiger partial charge in [-0.15, -0.1) is 0 Å². The number of non-ortho nitro benzene ring substituents is 1. The van der Waals surface area contributed by atoms with E-state index < -0.39 is 4.92 Å². The largest absolute Gasteiger partial charge is 0.505 e. The van der Waals surface area contributed by atoms with Gasteiger partial charge in [-0.1, -0.05) is 12.1 Å². The van der Waals surface area contributed by atoms with Crippen molar-refractivity contribution in [3.63, 3.8) is 0 Å². The molecule has 100 valence electrons. The molecule has 0 aliphatic heterocycles. The van der Waals surface area contributed by atoms with Crippen LogP contribution in [0, 0.1) is 10.1 Å². The minimum Gasteiger partial charge on any atom is -0.505 e. The fraction of sp³-hybridized carbons (Fsp3) is 0. The maximum Gasteiger partial charge on any atom is 0.275 e. The highest BCUT2D eigenvalue weighted by Crippen LogP contribution is 2.31. The average molecular weight is 270 g/mol. The van der Waals surface area contributed by atoms with Crippen LogP contribution in [0.5, 0.6) is 5.75 Å². The van der Waals surface area contributed by atoms with Crippen LogP contribution in [0.4, 0.5) is 11.4 Å². The number of hydrogen-bond acceptors (Lipinski definition) is 5. The third-order valence-corrected chi connectivity index (χ3v) is 2.92. The average Bonchev–Trinajstić information content (AvgIpc) is 2.83. The summed E-state index contributed by atoms with van der Waals surface area (Å²) in [5.74, 6) is 0.253. The lowest BCUT2D eigenvalue weighted by molar-refractivity contribution is -0.384. The summed E-state index contributed by atoms with van der Waals surface area (Å²) in [7, 11) is 0. The molecule has 0 bridgehead atoms. The summed E-state index contributed by atoms with van der Waals surface area (Å²) in [5, 5.41) is 20.6. The number of fused-ring (bicyclic) bond motifs is 1. The van der Waals surface area contributed by atoms with E-state index in [2.05, 4.69) is 9.97 Å². The Hall–Kier alpha value is -3.09. The van der Waals surface area contributed by atoms with E-state index in [0.717, 1.165) is 11.6 Å². The molecule has 20 heavy (non-hydrogen) atoms. The molecule has 1 heterocycles. The molecule has 1 aromatic heterocycles. The number of benzene rings is 2. The molecule has 3 rings (SSSR count). The molecule has 2 aromatic carbocycles. The van der Waals surface area contributed by atoms with E-state index in [1.54, 1.807) is 24.3 Å². The Morgan fingerprint density at radius 1 is 1.30 bits per heavy atom. The molecule has 0 spiro atoms. The number of nitro groups is 1. The maximum absolute atomic E-state index is 10.8. The molecule has 0 fully saturated rings. The van der Waals surface area contributed by atoms with Crippen LogP contribution in [0.1, 0.15) is 0 Å². The minimum atomic E-state index is -0.569. The summed E-state index contributed by atoms with van der Waals surface area (Å²) < 4.78 is 0. The molecule has 3 aromatic rings. The monoisotopic (exact) mass is 270 g/mol. The van der Waals surface area contributed by atoms with Gasteiger partial charge in [-0.2, -0.15) is 0 Å². The molecule has 0 atom stereocenters. The lowest BCUT2D eigenvalue weighted by atomic mass is 10.2. The zero-order valence-electron chi connectivity index (χ0n) is 10.2. The highest BCUT2D eigenvalue weighted by molar-refractivity contribution is 5.87. The number of aromatic hydroxyl groups is 1. The fourth-order valence-corrected chi connectivity index (χ4v) is 2.01. The standard InChI is InChI=1S/C13H10N4O3/c14-8-3-1-2-7(4-8)13-15-10-5-9(17(19)20)6-11(18)12(10)16-13/h1-6,18H,14H2,(H,15,16). The summed E-state index contributed by atoms with van der Waals surface area (Å²) in [6.07, 6.45) is 0. The summed E-state index contributed by atoms with van der Waals surface area (Å²) in [6, 6.07) is 9.46. The lowest BCUT2D eigenvalue weighted by Gasteiger charge is -1.97. The predicted octanol–water partition coefficient (Wildman–Crippen LogP) is 2.43. The number of imidazole rings is 1. The van der Waals surface area contributed by atoms with Gasteiger partial charge < -0.3 is 15.8 Å². The number of hydrogen-bond donors (Lipinski definition) is 3. The van der Waals surface area contributed by atoms with E-state index in [1.807, 2.05) is 0 Å². The molecule has 4 N–H and O–H groups in total. The molecular weight excluding hydrogens is 260 g/mol. The second-order valence-electron chi connectivity index (χ2n) is 4.33. The SMILES string of the molecule is Nc1cccc(-c2nc3c(O)cc([N+](=O)[O-])cc3[nH]2)c1.